The van der Waals surface area contributed by atoms with E-state index in [-0.39, 0.29) is 24.8 Å². The molecule has 3 rings (SSSR count). The van der Waals surface area contributed by atoms with Gasteiger partial charge >= 0.3 is 0 Å². The Balaban J connectivity index is 0.000000722. The molecule has 1 saturated heterocycles. The lowest BCUT2D eigenvalue weighted by Gasteiger charge is -2.27. The van der Waals surface area contributed by atoms with Crippen LogP contribution in [0.2, 0.25) is 0 Å². The zero-order valence-corrected chi connectivity index (χ0v) is 11.7. The Morgan fingerprint density at radius 1 is 1.12 bits per heavy atom. The van der Waals surface area contributed by atoms with Gasteiger partial charge in [0.2, 0.25) is 0 Å². The van der Waals surface area contributed by atoms with Gasteiger partial charge in [0.15, 0.2) is 0 Å². The van der Waals surface area contributed by atoms with Gasteiger partial charge in [-0.1, -0.05) is 12.1 Å². The van der Waals surface area contributed by atoms with Crippen LogP contribution in [-0.4, -0.2) is 30.6 Å². The third-order valence-corrected chi connectivity index (χ3v) is 3.59. The van der Waals surface area contributed by atoms with E-state index in [1.807, 2.05) is 0 Å². The lowest BCUT2D eigenvalue weighted by Crippen LogP contribution is -2.43. The molecule has 0 spiro atoms. The van der Waals surface area contributed by atoms with Crippen molar-refractivity contribution in [3.63, 3.8) is 0 Å². The zero-order valence-electron chi connectivity index (χ0n) is 9.26. The molecule has 2 heterocycles. The fourth-order valence-electron chi connectivity index (χ4n) is 1.98. The van der Waals surface area contributed by atoms with Crippen molar-refractivity contribution >= 4 is 52.3 Å². The van der Waals surface area contributed by atoms with Gasteiger partial charge in [-0.3, -0.25) is 0 Å². The Morgan fingerprint density at radius 2 is 1.82 bits per heavy atom. The van der Waals surface area contributed by atoms with Gasteiger partial charge in [0, 0.05) is 31.6 Å². The Morgan fingerprint density at radius 3 is 2.59 bits per heavy atom. The molecule has 1 aromatic carbocycles. The minimum Gasteiger partial charge on any atom is -0.353 e. The first-order chi connectivity index (χ1) is 7.45. The zero-order chi connectivity index (χ0) is 10.1. The van der Waals surface area contributed by atoms with Crippen LogP contribution >= 0.6 is 36.3 Å². The molecule has 1 N–H and O–H groups in total. The number of hydrogen-bond acceptors (Lipinski definition) is 4. The second-order valence-corrected chi connectivity index (χ2v) is 4.54. The highest BCUT2D eigenvalue weighted by atomic mass is 35.5. The van der Waals surface area contributed by atoms with Gasteiger partial charge in [-0.15, -0.1) is 24.8 Å². The molecular weight excluding hydrogens is 277 g/mol. The van der Waals surface area contributed by atoms with Crippen LogP contribution in [0, 0.1) is 0 Å². The maximum absolute atomic E-state index is 4.56. The Labute approximate surface area is 117 Å². The van der Waals surface area contributed by atoms with Gasteiger partial charge in [-0.05, 0) is 23.7 Å². The average molecular weight is 292 g/mol. The molecule has 0 bridgehead atoms. The summed E-state index contributed by atoms with van der Waals surface area (Å²) < 4.78 is 5.84. The minimum atomic E-state index is 0. The van der Waals surface area contributed by atoms with Crippen molar-refractivity contribution in [2.75, 3.05) is 31.1 Å². The van der Waals surface area contributed by atoms with Crippen LogP contribution < -0.4 is 10.2 Å². The van der Waals surface area contributed by atoms with Gasteiger partial charge in [-0.2, -0.15) is 4.37 Å². The summed E-state index contributed by atoms with van der Waals surface area (Å²) >= 11 is 1.60. The Kier molecular flexibility index (Phi) is 5.46. The monoisotopic (exact) mass is 291 g/mol. The van der Waals surface area contributed by atoms with Gasteiger partial charge in [-0.25, -0.2) is 0 Å². The molecule has 0 unspecified atom stereocenters. The summed E-state index contributed by atoms with van der Waals surface area (Å²) in [5.74, 6) is 1.16. The Hall–Kier alpha value is -0.550. The molecule has 1 fully saturated rings. The van der Waals surface area contributed by atoms with Crippen LogP contribution in [0.5, 0.6) is 0 Å². The molecule has 17 heavy (non-hydrogen) atoms. The molecule has 1 aliphatic heterocycles. The summed E-state index contributed by atoms with van der Waals surface area (Å²) in [6.45, 7) is 4.25. The molecule has 1 aromatic heterocycles. The maximum atomic E-state index is 4.56. The van der Waals surface area contributed by atoms with Crippen LogP contribution in [0.1, 0.15) is 0 Å². The fraction of sp³-hybridized carbons (Fsp3) is 0.364. The molecule has 0 saturated carbocycles. The largest absolute Gasteiger partial charge is 0.353 e. The predicted octanol–water partition coefficient (Wildman–Crippen LogP) is 2.55. The number of piperazine rings is 1. The average Bonchev–Trinajstić information content (AvgIpc) is 2.74. The quantitative estimate of drug-likeness (QED) is 0.875. The van der Waals surface area contributed by atoms with E-state index in [9.17, 15) is 0 Å². The van der Waals surface area contributed by atoms with E-state index < -0.39 is 0 Å². The number of anilines is 1. The molecule has 0 aliphatic carbocycles. The second kappa shape index (κ2) is 6.40. The molecule has 94 valence electrons. The summed E-state index contributed by atoms with van der Waals surface area (Å²) in [6, 6.07) is 8.46. The molecule has 0 atom stereocenters. The van der Waals surface area contributed by atoms with E-state index in [0.717, 1.165) is 32.0 Å². The second-order valence-electron chi connectivity index (χ2n) is 3.74. The van der Waals surface area contributed by atoms with Crippen molar-refractivity contribution in [3.05, 3.63) is 24.3 Å². The van der Waals surface area contributed by atoms with Crippen LogP contribution in [-0.2, 0) is 0 Å². The molecular formula is C11H15Cl2N3S. The van der Waals surface area contributed by atoms with Crippen molar-refractivity contribution in [2.45, 2.75) is 0 Å². The molecule has 0 amide bonds. The first-order valence-corrected chi connectivity index (χ1v) is 6.02. The fourth-order valence-corrected chi connectivity index (χ4v) is 2.77. The van der Waals surface area contributed by atoms with Crippen LogP contribution in [0.15, 0.2) is 24.3 Å². The summed E-state index contributed by atoms with van der Waals surface area (Å²) in [5, 5.41) is 4.65. The molecule has 3 nitrogen and oxygen atoms in total. The summed E-state index contributed by atoms with van der Waals surface area (Å²) in [7, 11) is 0. The lowest BCUT2D eigenvalue weighted by atomic mass is 10.2. The van der Waals surface area contributed by atoms with Crippen LogP contribution in [0.3, 0.4) is 0 Å². The highest BCUT2D eigenvalue weighted by Crippen LogP contribution is 2.29. The van der Waals surface area contributed by atoms with Crippen LogP contribution in [0.25, 0.3) is 10.1 Å². The normalized spacial score (nSPS) is 15.2. The maximum Gasteiger partial charge on any atom is 0.150 e. The van der Waals surface area contributed by atoms with Gasteiger partial charge < -0.3 is 10.2 Å². The van der Waals surface area contributed by atoms with E-state index in [1.54, 1.807) is 11.5 Å². The van der Waals surface area contributed by atoms with Crippen molar-refractivity contribution in [1.29, 1.82) is 0 Å². The number of nitrogens with zero attached hydrogens (tertiary/aromatic N) is 2. The summed E-state index contributed by atoms with van der Waals surface area (Å²) in [5.41, 5.74) is 0. The van der Waals surface area contributed by atoms with Crippen molar-refractivity contribution in [1.82, 2.24) is 9.69 Å². The molecule has 6 heteroatoms. The van der Waals surface area contributed by atoms with E-state index >= 15 is 0 Å². The van der Waals surface area contributed by atoms with E-state index in [2.05, 4.69) is 38.9 Å². The molecule has 1 aliphatic rings. The first kappa shape index (κ1) is 14.5. The van der Waals surface area contributed by atoms with E-state index in [4.69, 9.17) is 0 Å². The van der Waals surface area contributed by atoms with E-state index in [1.165, 1.54) is 10.1 Å². The number of aromatic nitrogens is 1. The number of fused-ring (bicyclic) bond motifs is 1. The lowest BCUT2D eigenvalue weighted by molar-refractivity contribution is 0.587. The number of nitrogens with one attached hydrogen (secondary N) is 1. The number of benzene rings is 1. The highest BCUT2D eigenvalue weighted by molar-refractivity contribution is 7.13. The number of halogens is 2. The van der Waals surface area contributed by atoms with Gasteiger partial charge in [0.1, 0.15) is 5.82 Å². The van der Waals surface area contributed by atoms with Crippen molar-refractivity contribution in [3.8, 4) is 0 Å². The third-order valence-electron chi connectivity index (χ3n) is 2.77. The summed E-state index contributed by atoms with van der Waals surface area (Å²) in [4.78, 5) is 2.37. The standard InChI is InChI=1S/C11H13N3S.2ClH/c1-2-4-10-9(3-1)11(13-15-10)14-7-5-12-6-8-14;;/h1-4,12H,5-8H2;2*1H. The summed E-state index contributed by atoms with van der Waals surface area (Å²) in [6.07, 6.45) is 0. The first-order valence-electron chi connectivity index (χ1n) is 5.25. The topological polar surface area (TPSA) is 28.2 Å². The smallest absolute Gasteiger partial charge is 0.150 e. The predicted molar refractivity (Wildman–Crippen MR) is 79.2 cm³/mol. The van der Waals surface area contributed by atoms with E-state index in [0.29, 0.717) is 0 Å². The van der Waals surface area contributed by atoms with Gasteiger partial charge in [0.25, 0.3) is 0 Å². The SMILES string of the molecule is Cl.Cl.c1ccc2c(N3CCNCC3)nsc2c1. The van der Waals surface area contributed by atoms with Gasteiger partial charge in [0.05, 0.1) is 4.70 Å². The molecule has 0 radical (unpaired) electrons. The number of hydrogen-bond donors (Lipinski definition) is 1. The Bertz CT molecular complexity index is 468. The van der Waals surface area contributed by atoms with Crippen molar-refractivity contribution < 1.29 is 0 Å². The van der Waals surface area contributed by atoms with Crippen LogP contribution in [0.4, 0.5) is 5.82 Å². The number of rotatable bonds is 1. The molecule has 2 aromatic rings. The third kappa shape index (κ3) is 2.83. The highest BCUT2D eigenvalue weighted by Gasteiger charge is 2.15. The minimum absolute atomic E-state index is 0. The van der Waals surface area contributed by atoms with Crippen molar-refractivity contribution in [2.24, 2.45) is 0 Å².